The predicted octanol–water partition coefficient (Wildman–Crippen LogP) is 2.20. The lowest BCUT2D eigenvalue weighted by Gasteiger charge is -2.26. The van der Waals surface area contributed by atoms with Crippen molar-refractivity contribution in [1.29, 1.82) is 0 Å². The number of carbonyl (C=O) groups excluding carboxylic acids is 2. The van der Waals surface area contributed by atoms with Gasteiger partial charge in [-0.2, -0.15) is 0 Å². The minimum atomic E-state index is -0.539. The zero-order valence-electron chi connectivity index (χ0n) is 15.0. The van der Waals surface area contributed by atoms with Crippen LogP contribution < -0.4 is 10.6 Å². The highest BCUT2D eigenvalue weighted by molar-refractivity contribution is 5.95. The first kappa shape index (κ1) is 19.2. The van der Waals surface area contributed by atoms with Crippen molar-refractivity contribution in [3.8, 4) is 0 Å². The molecule has 5 nitrogen and oxygen atoms in total. The molecule has 1 unspecified atom stereocenters. The van der Waals surface area contributed by atoms with Crippen LogP contribution in [-0.2, 0) is 9.59 Å². The van der Waals surface area contributed by atoms with Gasteiger partial charge in [0.05, 0.1) is 0 Å². The van der Waals surface area contributed by atoms with Gasteiger partial charge in [0.15, 0.2) is 0 Å². The molecule has 1 saturated heterocycles. The molecule has 136 valence electrons. The normalized spacial score (nSPS) is 16.5. The van der Waals surface area contributed by atoms with Gasteiger partial charge in [-0.25, -0.2) is 0 Å². The number of benzene rings is 1. The summed E-state index contributed by atoms with van der Waals surface area (Å²) in [6.07, 6.45) is 8.04. The largest absolute Gasteiger partial charge is 0.354 e. The highest BCUT2D eigenvalue weighted by Crippen LogP contribution is 2.08. The number of hydrogen-bond donors (Lipinski definition) is 2. The molecule has 1 aliphatic rings. The van der Waals surface area contributed by atoms with Crippen molar-refractivity contribution in [1.82, 2.24) is 15.5 Å². The van der Waals surface area contributed by atoms with Gasteiger partial charge in [0, 0.05) is 12.6 Å². The smallest absolute Gasteiger partial charge is 0.244 e. The van der Waals surface area contributed by atoms with E-state index in [1.165, 1.54) is 38.4 Å². The molecule has 1 aromatic carbocycles. The third-order valence-corrected chi connectivity index (χ3v) is 4.38. The van der Waals surface area contributed by atoms with Crippen LogP contribution in [0.3, 0.4) is 0 Å². The summed E-state index contributed by atoms with van der Waals surface area (Å²) >= 11 is 0. The molecule has 0 radical (unpaired) electrons. The van der Waals surface area contributed by atoms with Gasteiger partial charge in [0.1, 0.15) is 6.04 Å². The maximum absolute atomic E-state index is 12.0. The number of piperidine rings is 1. The van der Waals surface area contributed by atoms with E-state index >= 15 is 0 Å². The molecule has 0 spiro atoms. The number of likely N-dealkylation sites (tertiary alicyclic amines) is 1. The first-order chi connectivity index (χ1) is 12.1. The summed E-state index contributed by atoms with van der Waals surface area (Å²) in [4.78, 5) is 26.4. The SMILES string of the molecule is CC(NC(=O)/C=C/c1ccccc1)C(=O)NCCCN1CCCCC1. The van der Waals surface area contributed by atoms with E-state index in [-0.39, 0.29) is 11.8 Å². The minimum Gasteiger partial charge on any atom is -0.354 e. The van der Waals surface area contributed by atoms with Crippen molar-refractivity contribution >= 4 is 17.9 Å². The predicted molar refractivity (Wildman–Crippen MR) is 101 cm³/mol. The molecular weight excluding hydrogens is 314 g/mol. The van der Waals surface area contributed by atoms with Crippen LogP contribution in [0.4, 0.5) is 0 Å². The summed E-state index contributed by atoms with van der Waals surface area (Å²) in [5.41, 5.74) is 0.951. The Morgan fingerprint density at radius 3 is 2.60 bits per heavy atom. The molecule has 1 heterocycles. The standard InChI is InChI=1S/C20H29N3O2/c1-17(22-19(24)12-11-18-9-4-2-5-10-18)20(25)21-13-8-16-23-14-6-3-7-15-23/h2,4-5,9-12,17H,3,6-8,13-16H2,1H3,(H,21,25)(H,22,24)/b12-11+. The first-order valence-electron chi connectivity index (χ1n) is 9.19. The van der Waals surface area contributed by atoms with E-state index in [2.05, 4.69) is 15.5 Å². The number of nitrogens with one attached hydrogen (secondary N) is 2. The lowest BCUT2D eigenvalue weighted by molar-refractivity contribution is -0.126. The third-order valence-electron chi connectivity index (χ3n) is 4.38. The molecule has 2 rings (SSSR count). The highest BCUT2D eigenvalue weighted by atomic mass is 16.2. The maximum Gasteiger partial charge on any atom is 0.244 e. The van der Waals surface area contributed by atoms with Crippen LogP contribution in [-0.4, -0.2) is 48.9 Å². The van der Waals surface area contributed by atoms with Gasteiger partial charge >= 0.3 is 0 Å². The number of rotatable bonds is 8. The lowest BCUT2D eigenvalue weighted by atomic mass is 10.1. The first-order valence-corrected chi connectivity index (χ1v) is 9.19. The van der Waals surface area contributed by atoms with Gasteiger partial charge in [-0.05, 0) is 57.5 Å². The zero-order valence-corrected chi connectivity index (χ0v) is 15.0. The van der Waals surface area contributed by atoms with Crippen LogP contribution in [0.25, 0.3) is 6.08 Å². The topological polar surface area (TPSA) is 61.4 Å². The molecule has 0 bridgehead atoms. The van der Waals surface area contributed by atoms with Crippen LogP contribution in [0.15, 0.2) is 36.4 Å². The molecule has 1 aliphatic heterocycles. The second kappa shape index (κ2) is 10.7. The van der Waals surface area contributed by atoms with Gasteiger partial charge in [-0.3, -0.25) is 9.59 Å². The summed E-state index contributed by atoms with van der Waals surface area (Å²) in [5.74, 6) is -0.403. The van der Waals surface area contributed by atoms with Gasteiger partial charge < -0.3 is 15.5 Å². The van der Waals surface area contributed by atoms with Crippen LogP contribution >= 0.6 is 0 Å². The van der Waals surface area contributed by atoms with Crippen LogP contribution in [0.1, 0.15) is 38.2 Å². The Hall–Kier alpha value is -2.14. The number of amides is 2. The fourth-order valence-electron chi connectivity index (χ4n) is 2.91. The molecule has 0 aliphatic carbocycles. The van der Waals surface area contributed by atoms with Crippen LogP contribution in [0.5, 0.6) is 0 Å². The summed E-state index contributed by atoms with van der Waals surface area (Å²) in [6, 6.07) is 9.05. The van der Waals surface area contributed by atoms with Crippen molar-refractivity contribution in [2.24, 2.45) is 0 Å². The molecule has 25 heavy (non-hydrogen) atoms. The van der Waals surface area contributed by atoms with Crippen molar-refractivity contribution in [2.45, 2.75) is 38.6 Å². The number of carbonyl (C=O) groups is 2. The fourth-order valence-corrected chi connectivity index (χ4v) is 2.91. The molecule has 5 heteroatoms. The average molecular weight is 343 g/mol. The Bertz CT molecular complexity index is 566. The zero-order chi connectivity index (χ0) is 17.9. The summed E-state index contributed by atoms with van der Waals surface area (Å²) in [7, 11) is 0. The van der Waals surface area contributed by atoms with E-state index in [9.17, 15) is 9.59 Å². The van der Waals surface area contributed by atoms with Crippen molar-refractivity contribution in [3.63, 3.8) is 0 Å². The molecule has 0 saturated carbocycles. The van der Waals surface area contributed by atoms with E-state index in [1.54, 1.807) is 13.0 Å². The van der Waals surface area contributed by atoms with E-state index in [1.807, 2.05) is 30.3 Å². The van der Waals surface area contributed by atoms with Gasteiger partial charge in [0.2, 0.25) is 11.8 Å². The monoisotopic (exact) mass is 343 g/mol. The van der Waals surface area contributed by atoms with Gasteiger partial charge in [-0.1, -0.05) is 36.8 Å². The maximum atomic E-state index is 12.0. The third kappa shape index (κ3) is 7.52. The number of hydrogen-bond acceptors (Lipinski definition) is 3. The molecule has 1 aromatic rings. The highest BCUT2D eigenvalue weighted by Gasteiger charge is 2.14. The average Bonchev–Trinajstić information content (AvgIpc) is 2.65. The van der Waals surface area contributed by atoms with Crippen molar-refractivity contribution < 1.29 is 9.59 Å². The molecule has 2 N–H and O–H groups in total. The number of nitrogens with zero attached hydrogens (tertiary/aromatic N) is 1. The Labute approximate surface area is 150 Å². The Balaban J connectivity index is 1.62. The lowest BCUT2D eigenvalue weighted by Crippen LogP contribution is -2.45. The van der Waals surface area contributed by atoms with Gasteiger partial charge in [0.25, 0.3) is 0 Å². The summed E-state index contributed by atoms with van der Waals surface area (Å²) in [6.45, 7) is 5.73. The van der Waals surface area contributed by atoms with Crippen LogP contribution in [0, 0.1) is 0 Å². The van der Waals surface area contributed by atoms with E-state index in [0.717, 1.165) is 18.5 Å². The Kier molecular flexibility index (Phi) is 8.19. The molecular formula is C20H29N3O2. The van der Waals surface area contributed by atoms with Crippen molar-refractivity contribution in [2.75, 3.05) is 26.2 Å². The van der Waals surface area contributed by atoms with Crippen molar-refractivity contribution in [3.05, 3.63) is 42.0 Å². The second-order valence-electron chi connectivity index (χ2n) is 6.52. The van der Waals surface area contributed by atoms with E-state index < -0.39 is 6.04 Å². The Morgan fingerprint density at radius 1 is 1.16 bits per heavy atom. The van der Waals surface area contributed by atoms with E-state index in [4.69, 9.17) is 0 Å². The Morgan fingerprint density at radius 2 is 1.88 bits per heavy atom. The van der Waals surface area contributed by atoms with Crippen LogP contribution in [0.2, 0.25) is 0 Å². The summed E-state index contributed by atoms with van der Waals surface area (Å²) < 4.78 is 0. The molecule has 1 atom stereocenters. The second-order valence-corrected chi connectivity index (χ2v) is 6.52. The fraction of sp³-hybridized carbons (Fsp3) is 0.500. The quantitative estimate of drug-likeness (QED) is 0.562. The van der Waals surface area contributed by atoms with E-state index in [0.29, 0.717) is 6.54 Å². The minimum absolute atomic E-state index is 0.139. The molecule has 0 aromatic heterocycles. The summed E-state index contributed by atoms with van der Waals surface area (Å²) in [5, 5.41) is 5.59. The molecule has 2 amide bonds. The van der Waals surface area contributed by atoms with Gasteiger partial charge in [-0.15, -0.1) is 0 Å². The molecule has 1 fully saturated rings.